The topological polar surface area (TPSA) is 121 Å². The summed E-state index contributed by atoms with van der Waals surface area (Å²) >= 11 is 1.11. The Morgan fingerprint density at radius 3 is 2.66 bits per heavy atom. The second kappa shape index (κ2) is 15.8. The highest BCUT2D eigenvalue weighted by Crippen LogP contribution is 2.30. The minimum Gasteiger partial charge on any atom is -0.490 e. The number of pyridine rings is 1. The van der Waals surface area contributed by atoms with Crippen LogP contribution < -0.4 is 9.46 Å². The minimum absolute atomic E-state index is 0.0698. The smallest absolute Gasteiger partial charge is 0.271 e. The second-order valence-electron chi connectivity index (χ2n) is 11.6. The summed E-state index contributed by atoms with van der Waals surface area (Å²) in [6.45, 7) is 7.90. The standard InChI is InChI=1S/C32H44N4O6S2/c1-23-19-36(24(2)22-37)32(38)28-18-27(34-44(39,40)31-9-7-17-43-31)10-11-29(28)42-25(3)8-5-6-16-41-30(23)21-35(4)20-26-12-14-33-15-13-26/h7,9-15,17-18,23-25,30,34,37H,5-6,8,16,19-22H2,1-4H3/t23-,24-,25-,30-/m0/s1. The normalized spacial score (nSPS) is 21.3. The second-order valence-corrected chi connectivity index (χ2v) is 14.5. The van der Waals surface area contributed by atoms with Crippen LogP contribution in [0.25, 0.3) is 0 Å². The van der Waals surface area contributed by atoms with Crippen LogP contribution in [0, 0.1) is 5.92 Å². The summed E-state index contributed by atoms with van der Waals surface area (Å²) in [6, 6.07) is 11.5. The quantitative estimate of drug-likeness (QED) is 0.339. The number of thiophene rings is 1. The molecule has 0 radical (unpaired) electrons. The lowest BCUT2D eigenvalue weighted by molar-refractivity contribution is -0.0177. The van der Waals surface area contributed by atoms with Crippen molar-refractivity contribution in [1.29, 1.82) is 0 Å². The van der Waals surface area contributed by atoms with E-state index in [0.29, 0.717) is 25.4 Å². The number of benzene rings is 1. The molecule has 2 aromatic heterocycles. The highest BCUT2D eigenvalue weighted by Gasteiger charge is 2.30. The Bertz CT molecular complexity index is 1440. The van der Waals surface area contributed by atoms with Gasteiger partial charge in [0.25, 0.3) is 15.9 Å². The zero-order chi connectivity index (χ0) is 31.7. The number of nitrogens with zero attached hydrogens (tertiary/aromatic N) is 3. The van der Waals surface area contributed by atoms with Gasteiger partial charge in [0.05, 0.1) is 30.4 Å². The van der Waals surface area contributed by atoms with Crippen molar-refractivity contribution in [1.82, 2.24) is 14.8 Å². The van der Waals surface area contributed by atoms with Gasteiger partial charge in [0.2, 0.25) is 0 Å². The van der Waals surface area contributed by atoms with Crippen LogP contribution in [0.3, 0.4) is 0 Å². The summed E-state index contributed by atoms with van der Waals surface area (Å²) in [4.78, 5) is 22.2. The van der Waals surface area contributed by atoms with E-state index < -0.39 is 16.1 Å². The third-order valence-electron chi connectivity index (χ3n) is 7.76. The number of aliphatic hydroxyl groups excluding tert-OH is 1. The molecule has 3 heterocycles. The zero-order valence-electron chi connectivity index (χ0n) is 25.9. The number of likely N-dealkylation sites (N-methyl/N-ethyl adjacent to an activating group) is 1. The maximum Gasteiger partial charge on any atom is 0.271 e. The molecule has 2 N–H and O–H groups in total. The number of carbonyl (C=O) groups excluding carboxylic acids is 1. The van der Waals surface area contributed by atoms with Gasteiger partial charge in [0.15, 0.2) is 0 Å². The molecule has 0 saturated carbocycles. The van der Waals surface area contributed by atoms with Gasteiger partial charge in [0, 0.05) is 50.2 Å². The molecule has 1 aliphatic rings. The average Bonchev–Trinajstić information content (AvgIpc) is 3.55. The number of rotatable bonds is 9. The van der Waals surface area contributed by atoms with Gasteiger partial charge in [-0.05, 0) is 87.5 Å². The van der Waals surface area contributed by atoms with Gasteiger partial charge in [0.1, 0.15) is 9.96 Å². The Balaban J connectivity index is 1.63. The monoisotopic (exact) mass is 644 g/mol. The van der Waals surface area contributed by atoms with E-state index >= 15 is 0 Å². The van der Waals surface area contributed by atoms with E-state index in [-0.39, 0.29) is 46.1 Å². The predicted molar refractivity (Wildman–Crippen MR) is 173 cm³/mol. The molecular weight excluding hydrogens is 601 g/mol. The number of nitrogens with one attached hydrogen (secondary N) is 1. The Hall–Kier alpha value is -3.03. The van der Waals surface area contributed by atoms with Crippen molar-refractivity contribution in [2.45, 2.75) is 69.0 Å². The molecule has 240 valence electrons. The maximum absolute atomic E-state index is 14.3. The van der Waals surface area contributed by atoms with E-state index in [0.717, 1.165) is 42.7 Å². The minimum atomic E-state index is -3.82. The van der Waals surface area contributed by atoms with Crippen molar-refractivity contribution in [2.75, 3.05) is 38.1 Å². The molecule has 0 unspecified atom stereocenters. The number of amides is 1. The average molecular weight is 645 g/mol. The van der Waals surface area contributed by atoms with Gasteiger partial charge in [-0.1, -0.05) is 13.0 Å². The van der Waals surface area contributed by atoms with Crippen LogP contribution in [0.5, 0.6) is 5.75 Å². The lowest BCUT2D eigenvalue weighted by Crippen LogP contribution is -2.47. The summed E-state index contributed by atoms with van der Waals surface area (Å²) < 4.78 is 41.4. The summed E-state index contributed by atoms with van der Waals surface area (Å²) in [6.07, 6.45) is 5.76. The van der Waals surface area contributed by atoms with E-state index in [2.05, 4.69) is 28.6 Å². The maximum atomic E-state index is 14.3. The van der Waals surface area contributed by atoms with Crippen molar-refractivity contribution < 1.29 is 27.8 Å². The van der Waals surface area contributed by atoms with E-state index in [9.17, 15) is 18.3 Å². The summed E-state index contributed by atoms with van der Waals surface area (Å²) in [5.41, 5.74) is 1.64. The number of anilines is 1. The molecule has 10 nitrogen and oxygen atoms in total. The Labute approximate surface area is 265 Å². The highest BCUT2D eigenvalue weighted by atomic mass is 32.2. The Morgan fingerprint density at radius 1 is 1.18 bits per heavy atom. The van der Waals surface area contributed by atoms with Crippen LogP contribution in [-0.2, 0) is 21.3 Å². The molecule has 0 bridgehead atoms. The zero-order valence-corrected chi connectivity index (χ0v) is 27.5. The predicted octanol–water partition coefficient (Wildman–Crippen LogP) is 4.87. The molecule has 1 amide bonds. The van der Waals surface area contributed by atoms with Crippen LogP contribution in [0.1, 0.15) is 56.0 Å². The lowest BCUT2D eigenvalue weighted by Gasteiger charge is -2.36. The fourth-order valence-corrected chi connectivity index (χ4v) is 7.28. The number of aliphatic hydroxyl groups is 1. The van der Waals surface area contributed by atoms with Crippen molar-refractivity contribution in [3.8, 4) is 5.75 Å². The molecule has 12 heteroatoms. The third kappa shape index (κ3) is 9.24. The Kier molecular flexibility index (Phi) is 12.2. The number of sulfonamides is 1. The van der Waals surface area contributed by atoms with Crippen LogP contribution in [0.4, 0.5) is 5.69 Å². The van der Waals surface area contributed by atoms with Gasteiger partial charge >= 0.3 is 0 Å². The van der Waals surface area contributed by atoms with Gasteiger partial charge < -0.3 is 19.5 Å². The van der Waals surface area contributed by atoms with Gasteiger partial charge in [-0.25, -0.2) is 8.42 Å². The third-order valence-corrected chi connectivity index (χ3v) is 10.5. The van der Waals surface area contributed by atoms with Gasteiger partial charge in [-0.15, -0.1) is 11.3 Å². The van der Waals surface area contributed by atoms with Crippen LogP contribution in [-0.4, -0.2) is 85.8 Å². The van der Waals surface area contributed by atoms with E-state index in [1.54, 1.807) is 47.8 Å². The van der Waals surface area contributed by atoms with E-state index in [4.69, 9.17) is 9.47 Å². The number of carbonyl (C=O) groups is 1. The summed E-state index contributed by atoms with van der Waals surface area (Å²) in [7, 11) is -1.77. The first kappa shape index (κ1) is 33.9. The lowest BCUT2D eigenvalue weighted by atomic mass is 10.0. The molecule has 3 aromatic rings. The molecular formula is C32H44N4O6S2. The van der Waals surface area contributed by atoms with Crippen molar-refractivity contribution in [2.24, 2.45) is 5.92 Å². The van der Waals surface area contributed by atoms with E-state index in [1.165, 1.54) is 12.1 Å². The van der Waals surface area contributed by atoms with E-state index in [1.807, 2.05) is 19.1 Å². The largest absolute Gasteiger partial charge is 0.490 e. The first-order valence-corrected chi connectivity index (χ1v) is 17.4. The van der Waals surface area contributed by atoms with Crippen LogP contribution >= 0.6 is 11.3 Å². The van der Waals surface area contributed by atoms with Gasteiger partial charge in [-0.2, -0.15) is 0 Å². The van der Waals surface area contributed by atoms with Crippen molar-refractivity contribution >= 4 is 33.0 Å². The first-order chi connectivity index (χ1) is 21.1. The number of fused-ring (bicyclic) bond motifs is 1. The Morgan fingerprint density at radius 2 is 1.95 bits per heavy atom. The number of hydrogen-bond donors (Lipinski definition) is 2. The number of aromatic nitrogens is 1. The molecule has 4 rings (SSSR count). The molecule has 4 atom stereocenters. The number of hydrogen-bond acceptors (Lipinski definition) is 9. The van der Waals surface area contributed by atoms with Crippen LogP contribution in [0.2, 0.25) is 0 Å². The highest BCUT2D eigenvalue weighted by molar-refractivity contribution is 7.94. The molecule has 0 saturated heterocycles. The summed E-state index contributed by atoms with van der Waals surface area (Å²) in [5.74, 6) is -0.0374. The summed E-state index contributed by atoms with van der Waals surface area (Å²) in [5, 5.41) is 11.9. The fourth-order valence-electron chi connectivity index (χ4n) is 5.24. The fraction of sp³-hybridized carbons (Fsp3) is 0.500. The molecule has 0 fully saturated rings. The SMILES string of the molecule is C[C@H]1CCCCO[C@@H](CN(C)Cc2ccncc2)[C@@H](C)CN([C@@H](C)CO)C(=O)c2cc(NS(=O)(=O)c3cccs3)ccc2O1. The molecule has 1 aliphatic heterocycles. The number of ether oxygens (including phenoxy) is 2. The molecule has 0 aliphatic carbocycles. The van der Waals surface area contributed by atoms with Crippen molar-refractivity contribution in [3.05, 3.63) is 71.4 Å². The van der Waals surface area contributed by atoms with Crippen molar-refractivity contribution in [3.63, 3.8) is 0 Å². The van der Waals surface area contributed by atoms with Crippen LogP contribution in [0.15, 0.2) is 64.4 Å². The van der Waals surface area contributed by atoms with Gasteiger partial charge in [-0.3, -0.25) is 19.4 Å². The first-order valence-electron chi connectivity index (χ1n) is 15.0. The molecule has 0 spiro atoms. The molecule has 1 aromatic carbocycles. The molecule has 44 heavy (non-hydrogen) atoms.